The van der Waals surface area contributed by atoms with Crippen molar-refractivity contribution in [3.63, 3.8) is 0 Å². The van der Waals surface area contributed by atoms with E-state index in [1.54, 1.807) is 25.1 Å². The Hall–Kier alpha value is -3.52. The normalized spacial score (nSPS) is 16.5. The van der Waals surface area contributed by atoms with E-state index >= 15 is 0 Å². The number of nitriles is 1. The van der Waals surface area contributed by atoms with Gasteiger partial charge in [0.05, 0.1) is 10.8 Å². The van der Waals surface area contributed by atoms with Gasteiger partial charge in [0, 0.05) is 26.2 Å². The molecule has 0 bridgehead atoms. The molecular formula is C23H23FN4O5S. The van der Waals surface area contributed by atoms with Gasteiger partial charge in [-0.25, -0.2) is 12.8 Å². The number of pyridine rings is 1. The number of sulfone groups is 1. The standard InChI is InChI=1S/C23H23FN4O5S/c1-15-2-3-16(12-18(15)24)13-26-20(29)17-4-5-19-22(31)27(9-10-28(19)21(17)30)14-23(6-7-23)34(32,33)11-8-25/h2-5,12H,6-7,9-11,13-14H2,1H3,(H,26,29). The second kappa shape index (κ2) is 8.68. The maximum atomic E-state index is 13.7. The Morgan fingerprint density at radius 2 is 1.94 bits per heavy atom. The molecular weight excluding hydrogens is 463 g/mol. The summed E-state index contributed by atoms with van der Waals surface area (Å²) in [7, 11) is -3.66. The van der Waals surface area contributed by atoms with Gasteiger partial charge in [-0.1, -0.05) is 12.1 Å². The largest absolute Gasteiger partial charge is 0.348 e. The summed E-state index contributed by atoms with van der Waals surface area (Å²) in [4.78, 5) is 39.9. The quantitative estimate of drug-likeness (QED) is 0.625. The van der Waals surface area contributed by atoms with Crippen molar-refractivity contribution in [2.45, 2.75) is 37.6 Å². The fourth-order valence-electron chi connectivity index (χ4n) is 4.11. The van der Waals surface area contributed by atoms with Crippen LogP contribution < -0.4 is 10.9 Å². The van der Waals surface area contributed by atoms with Crippen molar-refractivity contribution in [3.8, 4) is 6.07 Å². The average Bonchev–Trinajstić information content (AvgIpc) is 3.58. The summed E-state index contributed by atoms with van der Waals surface area (Å²) >= 11 is 0. The van der Waals surface area contributed by atoms with Gasteiger partial charge in [-0.15, -0.1) is 0 Å². The molecule has 2 aromatic rings. The van der Waals surface area contributed by atoms with Crippen LogP contribution in [0, 0.1) is 24.1 Å². The van der Waals surface area contributed by atoms with E-state index in [9.17, 15) is 27.2 Å². The van der Waals surface area contributed by atoms with Crippen LogP contribution in [0.25, 0.3) is 0 Å². The first-order valence-electron chi connectivity index (χ1n) is 10.7. The zero-order chi connectivity index (χ0) is 24.7. The number of aromatic nitrogens is 1. The van der Waals surface area contributed by atoms with E-state index < -0.39 is 43.5 Å². The number of nitrogens with one attached hydrogen (secondary N) is 1. The molecule has 1 fully saturated rings. The summed E-state index contributed by atoms with van der Waals surface area (Å²) in [6.07, 6.45) is 0.773. The maximum Gasteiger partial charge on any atom is 0.270 e. The summed E-state index contributed by atoms with van der Waals surface area (Å²) in [6.45, 7) is 1.86. The zero-order valence-corrected chi connectivity index (χ0v) is 19.3. The van der Waals surface area contributed by atoms with Gasteiger partial charge in [0.25, 0.3) is 17.4 Å². The van der Waals surface area contributed by atoms with Crippen LogP contribution in [-0.2, 0) is 22.9 Å². The van der Waals surface area contributed by atoms with Crippen LogP contribution >= 0.6 is 0 Å². The van der Waals surface area contributed by atoms with Crippen LogP contribution in [0.5, 0.6) is 0 Å². The predicted molar refractivity (Wildman–Crippen MR) is 120 cm³/mol. The van der Waals surface area contributed by atoms with Crippen molar-refractivity contribution in [3.05, 3.63) is 68.9 Å². The van der Waals surface area contributed by atoms with Crippen molar-refractivity contribution in [1.29, 1.82) is 5.26 Å². The topological polar surface area (TPSA) is 129 Å². The number of hydrogen-bond acceptors (Lipinski definition) is 6. The van der Waals surface area contributed by atoms with Gasteiger partial charge in [0.2, 0.25) is 0 Å². The van der Waals surface area contributed by atoms with E-state index in [0.717, 1.165) is 0 Å². The van der Waals surface area contributed by atoms with Crippen molar-refractivity contribution < 1.29 is 22.4 Å². The number of aryl methyl sites for hydroxylation is 1. The van der Waals surface area contributed by atoms with E-state index in [1.165, 1.54) is 27.7 Å². The van der Waals surface area contributed by atoms with E-state index in [4.69, 9.17) is 5.26 Å². The van der Waals surface area contributed by atoms with Crippen LogP contribution in [0.15, 0.2) is 35.1 Å². The molecule has 34 heavy (non-hydrogen) atoms. The molecule has 1 aromatic heterocycles. The highest BCUT2D eigenvalue weighted by molar-refractivity contribution is 7.93. The minimum Gasteiger partial charge on any atom is -0.348 e. The highest BCUT2D eigenvalue weighted by atomic mass is 32.2. The number of rotatable bonds is 7. The number of hydrogen-bond donors (Lipinski definition) is 1. The Labute approximate surface area is 195 Å². The molecule has 1 saturated carbocycles. The molecule has 178 valence electrons. The van der Waals surface area contributed by atoms with Crippen LogP contribution in [-0.4, -0.2) is 53.3 Å². The van der Waals surface area contributed by atoms with Crippen molar-refractivity contribution >= 4 is 21.7 Å². The van der Waals surface area contributed by atoms with E-state index in [-0.39, 0.29) is 37.4 Å². The third-order valence-electron chi connectivity index (χ3n) is 6.41. The molecule has 11 heteroatoms. The number of halogens is 1. The zero-order valence-electron chi connectivity index (χ0n) is 18.5. The molecule has 2 amide bonds. The second-order valence-corrected chi connectivity index (χ2v) is 11.1. The van der Waals surface area contributed by atoms with Gasteiger partial charge in [0.15, 0.2) is 9.84 Å². The van der Waals surface area contributed by atoms with Crippen molar-refractivity contribution in [2.75, 3.05) is 18.8 Å². The van der Waals surface area contributed by atoms with Crippen LogP contribution in [0.1, 0.15) is 44.8 Å². The van der Waals surface area contributed by atoms with Crippen molar-refractivity contribution in [1.82, 2.24) is 14.8 Å². The lowest BCUT2D eigenvalue weighted by atomic mass is 10.1. The number of nitrogens with zero attached hydrogens (tertiary/aromatic N) is 3. The second-order valence-electron chi connectivity index (χ2n) is 8.68. The Morgan fingerprint density at radius 3 is 2.59 bits per heavy atom. The molecule has 2 heterocycles. The molecule has 1 aliphatic heterocycles. The summed E-state index contributed by atoms with van der Waals surface area (Å²) in [5.41, 5.74) is 0.323. The van der Waals surface area contributed by atoms with Crippen LogP contribution in [0.3, 0.4) is 0 Å². The van der Waals surface area contributed by atoms with Gasteiger partial charge in [-0.2, -0.15) is 5.26 Å². The Kier molecular flexibility index (Phi) is 6.03. The highest BCUT2D eigenvalue weighted by Crippen LogP contribution is 2.45. The molecule has 0 spiro atoms. The molecule has 1 aliphatic carbocycles. The molecule has 0 saturated heterocycles. The summed E-state index contributed by atoms with van der Waals surface area (Å²) < 4.78 is 38.7. The molecule has 0 atom stereocenters. The van der Waals surface area contributed by atoms with Gasteiger partial charge >= 0.3 is 0 Å². The highest BCUT2D eigenvalue weighted by Gasteiger charge is 2.55. The van der Waals surface area contributed by atoms with Gasteiger partial charge < -0.3 is 14.8 Å². The molecule has 9 nitrogen and oxygen atoms in total. The fourth-order valence-corrected chi connectivity index (χ4v) is 5.66. The minimum atomic E-state index is -3.66. The van der Waals surface area contributed by atoms with E-state index in [2.05, 4.69) is 5.32 Å². The third-order valence-corrected chi connectivity index (χ3v) is 8.77. The van der Waals surface area contributed by atoms with E-state index in [0.29, 0.717) is 24.0 Å². The minimum absolute atomic E-state index is 0.0284. The SMILES string of the molecule is Cc1ccc(CNC(=O)c2ccc3n(c2=O)CCN(CC2(S(=O)(=O)CC#N)CC2)C3=O)cc1F. The lowest BCUT2D eigenvalue weighted by molar-refractivity contribution is 0.0695. The van der Waals surface area contributed by atoms with E-state index in [1.807, 2.05) is 0 Å². The molecule has 1 aromatic carbocycles. The van der Waals surface area contributed by atoms with Crippen LogP contribution in [0.2, 0.25) is 0 Å². The third kappa shape index (κ3) is 4.21. The summed E-state index contributed by atoms with van der Waals surface area (Å²) in [6, 6.07) is 8.90. The van der Waals surface area contributed by atoms with Crippen LogP contribution in [0.4, 0.5) is 4.39 Å². The number of amides is 2. The molecule has 2 aliphatic rings. The number of carbonyl (C=O) groups excluding carboxylic acids is 2. The Balaban J connectivity index is 1.49. The maximum absolute atomic E-state index is 13.7. The monoisotopic (exact) mass is 486 g/mol. The molecule has 1 N–H and O–H groups in total. The van der Waals surface area contributed by atoms with Gasteiger partial charge in [-0.05, 0) is 49.1 Å². The number of benzene rings is 1. The first-order chi connectivity index (χ1) is 16.1. The molecule has 4 rings (SSSR count). The lowest BCUT2D eigenvalue weighted by Gasteiger charge is -2.32. The number of fused-ring (bicyclic) bond motifs is 1. The smallest absolute Gasteiger partial charge is 0.270 e. The number of carbonyl (C=O) groups is 2. The van der Waals surface area contributed by atoms with Gasteiger partial charge in [-0.3, -0.25) is 14.4 Å². The average molecular weight is 487 g/mol. The molecule has 0 unspecified atom stereocenters. The Morgan fingerprint density at radius 1 is 1.21 bits per heavy atom. The molecule has 0 radical (unpaired) electrons. The summed E-state index contributed by atoms with van der Waals surface area (Å²) in [5, 5.41) is 11.4. The Bertz CT molecular complexity index is 1390. The fraction of sp³-hybridized carbons (Fsp3) is 0.391. The van der Waals surface area contributed by atoms with Crippen molar-refractivity contribution in [2.24, 2.45) is 0 Å². The first-order valence-corrected chi connectivity index (χ1v) is 12.4. The van der Waals surface area contributed by atoms with Gasteiger partial charge in [0.1, 0.15) is 22.8 Å². The summed E-state index contributed by atoms with van der Waals surface area (Å²) in [5.74, 6) is -2.13. The lowest BCUT2D eigenvalue weighted by Crippen LogP contribution is -2.50. The first kappa shape index (κ1) is 23.6. The predicted octanol–water partition coefficient (Wildman–Crippen LogP) is 1.15.